The molecule has 1 aromatic carbocycles. The van der Waals surface area contributed by atoms with Gasteiger partial charge < -0.3 is 16.2 Å². The van der Waals surface area contributed by atoms with Crippen molar-refractivity contribution in [3.8, 4) is 0 Å². The Labute approximate surface area is 108 Å². The smallest absolute Gasteiger partial charge is 0.294 e. The first-order chi connectivity index (χ1) is 8.65. The number of hydrogen-bond donors (Lipinski definition) is 3. The summed E-state index contributed by atoms with van der Waals surface area (Å²) in [4.78, 5) is 10.1. The molecule has 18 heavy (non-hydrogen) atoms. The van der Waals surface area contributed by atoms with Gasteiger partial charge in [-0.3, -0.25) is 10.1 Å². The Hall–Kier alpha value is -1.82. The fraction of sp³-hybridized carbons (Fsp3) is 0.500. The molecule has 0 bridgehead atoms. The maximum absolute atomic E-state index is 10.6. The normalized spacial score (nSPS) is 8.28. The topological polar surface area (TPSA) is 101 Å². The lowest BCUT2D eigenvalue weighted by Gasteiger charge is -2.05. The molecule has 0 heterocycles. The summed E-state index contributed by atoms with van der Waals surface area (Å²) in [5, 5.41) is 21.9. The average Bonchev–Trinajstić information content (AvgIpc) is 2.41. The number of nitrogen functional groups attached to an aromatic ring is 1. The summed E-state index contributed by atoms with van der Waals surface area (Å²) in [6.45, 7) is 8.19. The highest BCUT2D eigenvalue weighted by Crippen LogP contribution is 2.26. The molecule has 0 aliphatic rings. The van der Waals surface area contributed by atoms with E-state index in [4.69, 9.17) is 10.8 Å². The minimum absolute atomic E-state index is 0.0818. The van der Waals surface area contributed by atoms with Crippen LogP contribution in [0.2, 0.25) is 0 Å². The molecule has 0 atom stereocenters. The van der Waals surface area contributed by atoms with Crippen LogP contribution in [0.3, 0.4) is 0 Å². The van der Waals surface area contributed by atoms with E-state index in [0.29, 0.717) is 11.4 Å². The van der Waals surface area contributed by atoms with Gasteiger partial charge in [-0.2, -0.15) is 0 Å². The van der Waals surface area contributed by atoms with Gasteiger partial charge in [0.1, 0.15) is 5.69 Å². The van der Waals surface area contributed by atoms with Crippen LogP contribution in [0, 0.1) is 10.1 Å². The second-order valence-corrected chi connectivity index (χ2v) is 2.68. The lowest BCUT2D eigenvalue weighted by atomic mass is 10.2. The molecule has 4 N–H and O–H groups in total. The first-order valence-electron chi connectivity index (χ1n) is 6.04. The van der Waals surface area contributed by atoms with Crippen molar-refractivity contribution in [3.05, 3.63) is 28.3 Å². The first-order valence-corrected chi connectivity index (χ1v) is 6.04. The number of aliphatic hydroxyl groups excluding tert-OH is 1. The predicted octanol–water partition coefficient (Wildman–Crippen LogP) is 2.63. The molecule has 6 nitrogen and oxygen atoms in total. The SMILES string of the molecule is CC.CC.Nc1ccc(NCCO)c([N+](=O)[O-])c1. The van der Waals surface area contributed by atoms with E-state index in [9.17, 15) is 10.1 Å². The van der Waals surface area contributed by atoms with Gasteiger partial charge in [0.25, 0.3) is 5.69 Å². The molecule has 0 aliphatic carbocycles. The van der Waals surface area contributed by atoms with Crippen molar-refractivity contribution in [1.29, 1.82) is 0 Å². The van der Waals surface area contributed by atoms with Gasteiger partial charge in [-0.25, -0.2) is 0 Å². The molecule has 1 aromatic rings. The monoisotopic (exact) mass is 257 g/mol. The number of anilines is 2. The molecule has 0 saturated carbocycles. The lowest BCUT2D eigenvalue weighted by molar-refractivity contribution is -0.383. The summed E-state index contributed by atoms with van der Waals surface area (Å²) in [6.07, 6.45) is 0. The number of nitro benzene ring substituents is 1. The summed E-state index contributed by atoms with van der Waals surface area (Å²) in [5.41, 5.74) is 6.03. The van der Waals surface area contributed by atoms with Crippen LogP contribution in [-0.4, -0.2) is 23.2 Å². The largest absolute Gasteiger partial charge is 0.399 e. The summed E-state index contributed by atoms with van der Waals surface area (Å²) in [6, 6.07) is 4.36. The van der Waals surface area contributed by atoms with Crippen molar-refractivity contribution >= 4 is 17.1 Å². The Morgan fingerprint density at radius 1 is 1.33 bits per heavy atom. The molecule has 0 unspecified atom stereocenters. The third-order valence-electron chi connectivity index (χ3n) is 1.65. The zero-order valence-corrected chi connectivity index (χ0v) is 11.4. The number of hydrogen-bond acceptors (Lipinski definition) is 5. The van der Waals surface area contributed by atoms with E-state index in [-0.39, 0.29) is 18.8 Å². The van der Waals surface area contributed by atoms with Gasteiger partial charge in [0.05, 0.1) is 11.5 Å². The Balaban J connectivity index is 0. The summed E-state index contributed by atoms with van der Waals surface area (Å²) < 4.78 is 0. The molecule has 0 aromatic heterocycles. The molecule has 0 radical (unpaired) electrons. The number of rotatable bonds is 4. The molecular formula is C12H23N3O3. The van der Waals surface area contributed by atoms with Crippen LogP contribution in [0.1, 0.15) is 27.7 Å². The highest BCUT2D eigenvalue weighted by atomic mass is 16.6. The molecule has 6 heteroatoms. The average molecular weight is 257 g/mol. The highest BCUT2D eigenvalue weighted by Gasteiger charge is 2.12. The van der Waals surface area contributed by atoms with Crippen LogP contribution in [0.4, 0.5) is 17.1 Å². The van der Waals surface area contributed by atoms with Crippen LogP contribution < -0.4 is 11.1 Å². The van der Waals surface area contributed by atoms with Gasteiger partial charge in [-0.05, 0) is 12.1 Å². The van der Waals surface area contributed by atoms with E-state index in [0.717, 1.165) is 0 Å². The van der Waals surface area contributed by atoms with Gasteiger partial charge in [-0.1, -0.05) is 27.7 Å². The number of nitrogens with zero attached hydrogens (tertiary/aromatic N) is 1. The second kappa shape index (κ2) is 11.7. The molecule has 1 rings (SSSR count). The van der Waals surface area contributed by atoms with Crippen LogP contribution in [0.15, 0.2) is 18.2 Å². The second-order valence-electron chi connectivity index (χ2n) is 2.68. The molecule has 0 spiro atoms. The van der Waals surface area contributed by atoms with Crippen LogP contribution in [0.5, 0.6) is 0 Å². The Morgan fingerprint density at radius 3 is 2.33 bits per heavy atom. The van der Waals surface area contributed by atoms with Crippen LogP contribution in [0.25, 0.3) is 0 Å². The van der Waals surface area contributed by atoms with Gasteiger partial charge in [0, 0.05) is 18.3 Å². The minimum atomic E-state index is -0.518. The maximum atomic E-state index is 10.6. The first kappa shape index (κ1) is 18.5. The van der Waals surface area contributed by atoms with Crippen LogP contribution >= 0.6 is 0 Å². The number of nitro groups is 1. The minimum Gasteiger partial charge on any atom is -0.399 e. The summed E-state index contributed by atoms with van der Waals surface area (Å²) >= 11 is 0. The summed E-state index contributed by atoms with van der Waals surface area (Å²) in [7, 11) is 0. The number of nitrogens with one attached hydrogen (secondary N) is 1. The zero-order chi connectivity index (χ0) is 14.6. The van der Waals surface area contributed by atoms with Crippen molar-refractivity contribution in [2.24, 2.45) is 0 Å². The maximum Gasteiger partial charge on any atom is 0.294 e. The van der Waals surface area contributed by atoms with Gasteiger partial charge in [-0.15, -0.1) is 0 Å². The Bertz CT molecular complexity index is 343. The highest BCUT2D eigenvalue weighted by molar-refractivity contribution is 5.66. The fourth-order valence-corrected chi connectivity index (χ4v) is 1.04. The number of nitrogens with two attached hydrogens (primary N) is 1. The van der Waals surface area contributed by atoms with Crippen molar-refractivity contribution in [2.45, 2.75) is 27.7 Å². The lowest BCUT2D eigenvalue weighted by Crippen LogP contribution is -2.07. The quantitative estimate of drug-likeness (QED) is 0.437. The van der Waals surface area contributed by atoms with E-state index in [2.05, 4.69) is 5.32 Å². The van der Waals surface area contributed by atoms with Gasteiger partial charge in [0.15, 0.2) is 0 Å². The van der Waals surface area contributed by atoms with Crippen molar-refractivity contribution in [2.75, 3.05) is 24.2 Å². The summed E-state index contributed by atoms with van der Waals surface area (Å²) in [5.74, 6) is 0. The van der Waals surface area contributed by atoms with E-state index >= 15 is 0 Å². The number of benzene rings is 1. The molecular weight excluding hydrogens is 234 g/mol. The molecule has 0 fully saturated rings. The molecule has 0 saturated heterocycles. The standard InChI is InChI=1S/C8H11N3O3.2C2H6/c9-6-1-2-7(10-3-4-12)8(5-6)11(13)14;2*1-2/h1-2,5,10,12H,3-4,9H2;2*1-2H3. The van der Waals surface area contributed by atoms with E-state index in [1.165, 1.54) is 12.1 Å². The zero-order valence-electron chi connectivity index (χ0n) is 11.4. The van der Waals surface area contributed by atoms with E-state index < -0.39 is 4.92 Å². The van der Waals surface area contributed by atoms with E-state index in [1.54, 1.807) is 6.07 Å². The van der Waals surface area contributed by atoms with Crippen molar-refractivity contribution < 1.29 is 10.0 Å². The molecule has 104 valence electrons. The van der Waals surface area contributed by atoms with Gasteiger partial charge >= 0.3 is 0 Å². The number of aliphatic hydroxyl groups is 1. The third kappa shape index (κ3) is 6.70. The van der Waals surface area contributed by atoms with Crippen molar-refractivity contribution in [3.63, 3.8) is 0 Å². The Morgan fingerprint density at radius 2 is 1.89 bits per heavy atom. The fourth-order valence-electron chi connectivity index (χ4n) is 1.04. The van der Waals surface area contributed by atoms with Crippen LogP contribution in [-0.2, 0) is 0 Å². The third-order valence-corrected chi connectivity index (χ3v) is 1.65. The predicted molar refractivity (Wildman–Crippen MR) is 75.8 cm³/mol. The molecule has 0 amide bonds. The molecule has 0 aliphatic heterocycles. The van der Waals surface area contributed by atoms with E-state index in [1.807, 2.05) is 27.7 Å². The Kier molecular flexibility index (Phi) is 12.0. The van der Waals surface area contributed by atoms with Crippen molar-refractivity contribution in [1.82, 2.24) is 0 Å². The van der Waals surface area contributed by atoms with Gasteiger partial charge in [0.2, 0.25) is 0 Å².